The van der Waals surface area contributed by atoms with Crippen molar-refractivity contribution in [3.8, 4) is 17.1 Å². The zero-order valence-electron chi connectivity index (χ0n) is 19.0. The highest BCUT2D eigenvalue weighted by Gasteiger charge is 2.27. The highest BCUT2D eigenvalue weighted by atomic mass is 32.2. The molecule has 1 amide bonds. The molecule has 0 aliphatic heterocycles. The number of hydrogen-bond acceptors (Lipinski definition) is 5. The number of nitrogens with zero attached hydrogens (tertiary/aromatic N) is 5. The minimum absolute atomic E-state index is 0.0597. The third-order valence-corrected chi connectivity index (χ3v) is 6.12. The standard InChI is InChI=1S/C26H27N5OS/c1-26(2,3)30(18-20-10-6-4-7-11-20)23(32)19-33-25-29-28-24(21-14-16-27-17-15-21)31(25)22-12-8-5-9-13-22/h4-17H,18-19H2,1-3H3. The van der Waals surface area contributed by atoms with Crippen molar-refractivity contribution in [3.63, 3.8) is 0 Å². The molecule has 0 N–H and O–H groups in total. The molecule has 168 valence electrons. The number of pyridine rings is 1. The largest absolute Gasteiger partial charge is 0.333 e. The fraction of sp³-hybridized carbons (Fsp3) is 0.231. The number of hydrogen-bond donors (Lipinski definition) is 0. The lowest BCUT2D eigenvalue weighted by Crippen LogP contribution is -2.45. The topological polar surface area (TPSA) is 63.9 Å². The first-order chi connectivity index (χ1) is 15.9. The van der Waals surface area contributed by atoms with E-state index in [1.807, 2.05) is 82.3 Å². The number of benzene rings is 2. The van der Waals surface area contributed by atoms with Crippen molar-refractivity contribution >= 4 is 17.7 Å². The van der Waals surface area contributed by atoms with Gasteiger partial charge in [-0.25, -0.2) is 0 Å². The molecule has 0 fully saturated rings. The highest BCUT2D eigenvalue weighted by molar-refractivity contribution is 7.99. The number of thioether (sulfide) groups is 1. The first-order valence-corrected chi connectivity index (χ1v) is 11.8. The van der Waals surface area contributed by atoms with Crippen molar-refractivity contribution in [1.82, 2.24) is 24.6 Å². The molecule has 2 aromatic carbocycles. The molecule has 0 unspecified atom stereocenters. The van der Waals surface area contributed by atoms with Crippen LogP contribution in [0.1, 0.15) is 26.3 Å². The Kier molecular flexibility index (Phi) is 6.89. The van der Waals surface area contributed by atoms with Crippen LogP contribution in [0.15, 0.2) is 90.3 Å². The monoisotopic (exact) mass is 457 g/mol. The Labute approximate surface area is 198 Å². The molecular formula is C26H27N5OS. The van der Waals surface area contributed by atoms with Crippen molar-refractivity contribution in [3.05, 3.63) is 90.8 Å². The van der Waals surface area contributed by atoms with E-state index in [1.54, 1.807) is 12.4 Å². The van der Waals surface area contributed by atoms with Crippen LogP contribution < -0.4 is 0 Å². The number of para-hydroxylation sites is 1. The average molecular weight is 458 g/mol. The summed E-state index contributed by atoms with van der Waals surface area (Å²) in [5.74, 6) is 1.05. The Morgan fingerprint density at radius 3 is 2.18 bits per heavy atom. The summed E-state index contributed by atoms with van der Waals surface area (Å²) in [6, 6.07) is 23.8. The van der Waals surface area contributed by atoms with Crippen LogP contribution in [0, 0.1) is 0 Å². The maximum absolute atomic E-state index is 13.3. The van der Waals surface area contributed by atoms with E-state index in [0.717, 1.165) is 22.6 Å². The third kappa shape index (κ3) is 5.49. The van der Waals surface area contributed by atoms with Crippen molar-refractivity contribution in [2.45, 2.75) is 38.0 Å². The number of carbonyl (C=O) groups is 1. The molecule has 0 aliphatic carbocycles. The third-order valence-electron chi connectivity index (χ3n) is 5.21. The predicted molar refractivity (Wildman–Crippen MR) is 132 cm³/mol. The Hall–Kier alpha value is -3.45. The van der Waals surface area contributed by atoms with E-state index in [2.05, 4.69) is 36.0 Å². The summed E-state index contributed by atoms with van der Waals surface area (Å²) >= 11 is 1.40. The molecule has 0 saturated heterocycles. The van der Waals surface area contributed by atoms with Gasteiger partial charge in [-0.3, -0.25) is 14.3 Å². The summed E-state index contributed by atoms with van der Waals surface area (Å²) in [4.78, 5) is 19.4. The molecule has 0 radical (unpaired) electrons. The van der Waals surface area contributed by atoms with Gasteiger partial charge in [-0.1, -0.05) is 60.3 Å². The fourth-order valence-electron chi connectivity index (χ4n) is 3.53. The summed E-state index contributed by atoms with van der Waals surface area (Å²) in [6.07, 6.45) is 3.47. The molecule has 4 aromatic rings. The maximum atomic E-state index is 13.3. The van der Waals surface area contributed by atoms with Crippen LogP contribution in [0.25, 0.3) is 17.1 Å². The second-order valence-corrected chi connectivity index (χ2v) is 9.58. The molecule has 33 heavy (non-hydrogen) atoms. The minimum atomic E-state index is -0.303. The lowest BCUT2D eigenvalue weighted by Gasteiger charge is -2.36. The number of aromatic nitrogens is 4. The smallest absolute Gasteiger partial charge is 0.233 e. The molecule has 0 saturated carbocycles. The van der Waals surface area contributed by atoms with Gasteiger partial charge in [0, 0.05) is 35.7 Å². The zero-order valence-corrected chi connectivity index (χ0v) is 19.9. The Morgan fingerprint density at radius 2 is 1.55 bits per heavy atom. The molecule has 0 spiro atoms. The van der Waals surface area contributed by atoms with Gasteiger partial charge in [-0.15, -0.1) is 10.2 Å². The molecule has 7 heteroatoms. The summed E-state index contributed by atoms with van der Waals surface area (Å²) in [7, 11) is 0. The summed E-state index contributed by atoms with van der Waals surface area (Å²) in [6.45, 7) is 6.75. The molecule has 2 aromatic heterocycles. The van der Waals surface area contributed by atoms with Gasteiger partial charge in [0.15, 0.2) is 11.0 Å². The van der Waals surface area contributed by atoms with Crippen molar-refractivity contribution in [2.75, 3.05) is 5.75 Å². The first kappa shape index (κ1) is 22.7. The summed E-state index contributed by atoms with van der Waals surface area (Å²) in [5.41, 5.74) is 2.67. The first-order valence-electron chi connectivity index (χ1n) is 10.8. The fourth-order valence-corrected chi connectivity index (χ4v) is 4.36. The molecule has 0 aliphatic rings. The molecule has 6 nitrogen and oxygen atoms in total. The van der Waals surface area contributed by atoms with Gasteiger partial charge in [0.05, 0.1) is 5.75 Å². The second kappa shape index (κ2) is 10.0. The van der Waals surface area contributed by atoms with Gasteiger partial charge in [-0.05, 0) is 50.6 Å². The maximum Gasteiger partial charge on any atom is 0.233 e. The SMILES string of the molecule is CC(C)(C)N(Cc1ccccc1)C(=O)CSc1nnc(-c2ccncc2)n1-c1ccccc1. The predicted octanol–water partition coefficient (Wildman–Crippen LogP) is 5.25. The van der Waals surface area contributed by atoms with Gasteiger partial charge in [0.1, 0.15) is 0 Å². The lowest BCUT2D eigenvalue weighted by atomic mass is 10.0. The zero-order chi connectivity index (χ0) is 23.3. The Morgan fingerprint density at radius 1 is 0.909 bits per heavy atom. The average Bonchev–Trinajstić information content (AvgIpc) is 3.26. The van der Waals surface area contributed by atoms with Crippen LogP contribution in [0.5, 0.6) is 0 Å². The number of amides is 1. The van der Waals surface area contributed by atoms with Crippen LogP contribution in [0.2, 0.25) is 0 Å². The molecular weight excluding hydrogens is 430 g/mol. The van der Waals surface area contributed by atoms with E-state index in [-0.39, 0.29) is 17.2 Å². The van der Waals surface area contributed by atoms with E-state index in [9.17, 15) is 4.79 Å². The Bertz CT molecular complexity index is 1190. The van der Waals surface area contributed by atoms with Crippen molar-refractivity contribution in [2.24, 2.45) is 0 Å². The van der Waals surface area contributed by atoms with E-state index >= 15 is 0 Å². The van der Waals surface area contributed by atoms with Gasteiger partial charge < -0.3 is 4.90 Å². The Balaban J connectivity index is 1.60. The second-order valence-electron chi connectivity index (χ2n) is 8.64. The van der Waals surface area contributed by atoms with Crippen LogP contribution in [-0.4, -0.2) is 41.8 Å². The summed E-state index contributed by atoms with van der Waals surface area (Å²) < 4.78 is 1.99. The number of rotatable bonds is 7. The quantitative estimate of drug-likeness (QED) is 0.355. The van der Waals surface area contributed by atoms with Crippen LogP contribution in [0.3, 0.4) is 0 Å². The molecule has 2 heterocycles. The van der Waals surface area contributed by atoms with Crippen LogP contribution >= 0.6 is 11.8 Å². The van der Waals surface area contributed by atoms with E-state index < -0.39 is 0 Å². The molecule has 4 rings (SSSR count). The van der Waals surface area contributed by atoms with Crippen molar-refractivity contribution < 1.29 is 4.79 Å². The van der Waals surface area contributed by atoms with E-state index in [4.69, 9.17) is 0 Å². The van der Waals surface area contributed by atoms with E-state index in [1.165, 1.54) is 11.8 Å². The lowest BCUT2D eigenvalue weighted by molar-refractivity contribution is -0.133. The van der Waals surface area contributed by atoms with Gasteiger partial charge >= 0.3 is 0 Å². The van der Waals surface area contributed by atoms with Gasteiger partial charge in [-0.2, -0.15) is 0 Å². The molecule has 0 bridgehead atoms. The molecule has 0 atom stereocenters. The van der Waals surface area contributed by atoms with Crippen molar-refractivity contribution in [1.29, 1.82) is 0 Å². The minimum Gasteiger partial charge on any atom is -0.333 e. The highest BCUT2D eigenvalue weighted by Crippen LogP contribution is 2.28. The van der Waals surface area contributed by atoms with E-state index in [0.29, 0.717) is 11.7 Å². The van der Waals surface area contributed by atoms with Crippen LogP contribution in [0.4, 0.5) is 0 Å². The number of carbonyl (C=O) groups excluding carboxylic acids is 1. The van der Waals surface area contributed by atoms with Gasteiger partial charge in [0.25, 0.3) is 0 Å². The summed E-state index contributed by atoms with van der Waals surface area (Å²) in [5, 5.41) is 9.55. The van der Waals surface area contributed by atoms with Gasteiger partial charge in [0.2, 0.25) is 5.91 Å². The van der Waals surface area contributed by atoms with Crippen LogP contribution in [-0.2, 0) is 11.3 Å². The normalized spacial score (nSPS) is 11.4.